The van der Waals surface area contributed by atoms with Crippen molar-refractivity contribution in [3.8, 4) is 11.6 Å². The predicted molar refractivity (Wildman–Crippen MR) is 63.7 cm³/mol. The third-order valence-electron chi connectivity index (χ3n) is 3.51. The largest absolute Gasteiger partial charge is 0.393 e. The molecular formula is C12H16N4O2. The Hall–Kier alpha value is -1.69. The summed E-state index contributed by atoms with van der Waals surface area (Å²) < 4.78 is 7.18. The summed E-state index contributed by atoms with van der Waals surface area (Å²) in [5, 5.41) is 13.5. The molecule has 0 atom stereocenters. The number of rotatable bonds is 2. The summed E-state index contributed by atoms with van der Waals surface area (Å²) in [6, 6.07) is 0. The van der Waals surface area contributed by atoms with Crippen LogP contribution in [0, 0.1) is 0 Å². The second-order valence-corrected chi connectivity index (χ2v) is 4.82. The van der Waals surface area contributed by atoms with E-state index >= 15 is 0 Å². The quantitative estimate of drug-likeness (QED) is 0.871. The molecule has 0 aromatic carbocycles. The third-order valence-corrected chi connectivity index (χ3v) is 3.51. The van der Waals surface area contributed by atoms with E-state index in [1.54, 1.807) is 6.20 Å². The zero-order chi connectivity index (χ0) is 12.5. The molecule has 3 rings (SSSR count). The lowest BCUT2D eigenvalue weighted by Gasteiger charge is -2.22. The van der Waals surface area contributed by atoms with E-state index in [-0.39, 0.29) is 12.0 Å². The average molecular weight is 248 g/mol. The maximum Gasteiger partial charge on any atom is 0.238 e. The van der Waals surface area contributed by atoms with Gasteiger partial charge in [0.2, 0.25) is 11.7 Å². The van der Waals surface area contributed by atoms with E-state index < -0.39 is 0 Å². The van der Waals surface area contributed by atoms with Crippen LogP contribution in [0.4, 0.5) is 0 Å². The van der Waals surface area contributed by atoms with E-state index in [4.69, 9.17) is 4.52 Å². The molecule has 0 saturated heterocycles. The summed E-state index contributed by atoms with van der Waals surface area (Å²) in [6.07, 6.45) is 6.82. The highest BCUT2D eigenvalue weighted by Crippen LogP contribution is 2.32. The minimum Gasteiger partial charge on any atom is -0.393 e. The number of nitrogens with zero attached hydrogens (tertiary/aromatic N) is 4. The van der Waals surface area contributed by atoms with Crippen molar-refractivity contribution in [1.82, 2.24) is 19.7 Å². The molecule has 1 aliphatic rings. The van der Waals surface area contributed by atoms with Gasteiger partial charge in [-0.05, 0) is 25.7 Å². The number of hydrogen-bond acceptors (Lipinski definition) is 5. The van der Waals surface area contributed by atoms with Gasteiger partial charge < -0.3 is 14.2 Å². The number of imidazole rings is 1. The zero-order valence-corrected chi connectivity index (χ0v) is 10.3. The third kappa shape index (κ3) is 2.03. The lowest BCUT2D eigenvalue weighted by Crippen LogP contribution is -2.17. The van der Waals surface area contributed by atoms with Crippen molar-refractivity contribution in [2.45, 2.75) is 37.7 Å². The van der Waals surface area contributed by atoms with Crippen molar-refractivity contribution in [3.05, 3.63) is 18.3 Å². The first-order valence-electron chi connectivity index (χ1n) is 6.23. The van der Waals surface area contributed by atoms with Crippen LogP contribution in [0.1, 0.15) is 37.5 Å². The topological polar surface area (TPSA) is 77.0 Å². The summed E-state index contributed by atoms with van der Waals surface area (Å²) >= 11 is 0. The number of aliphatic hydroxyl groups excluding tert-OH is 1. The zero-order valence-electron chi connectivity index (χ0n) is 10.3. The highest BCUT2D eigenvalue weighted by atomic mass is 16.5. The van der Waals surface area contributed by atoms with Crippen LogP contribution in [-0.4, -0.2) is 30.9 Å². The van der Waals surface area contributed by atoms with Crippen LogP contribution < -0.4 is 0 Å². The fourth-order valence-corrected chi connectivity index (χ4v) is 2.40. The first kappa shape index (κ1) is 11.4. The summed E-state index contributed by atoms with van der Waals surface area (Å²) in [5.41, 5.74) is 0. The summed E-state index contributed by atoms with van der Waals surface area (Å²) in [7, 11) is 1.90. The molecule has 2 heterocycles. The second kappa shape index (κ2) is 4.53. The van der Waals surface area contributed by atoms with Gasteiger partial charge in [-0.1, -0.05) is 5.16 Å². The maximum absolute atomic E-state index is 9.49. The predicted octanol–water partition coefficient (Wildman–Crippen LogP) is 1.49. The fraction of sp³-hybridized carbons (Fsp3) is 0.583. The monoisotopic (exact) mass is 248 g/mol. The molecule has 6 heteroatoms. The molecule has 1 fully saturated rings. The van der Waals surface area contributed by atoms with Gasteiger partial charge in [0.1, 0.15) is 0 Å². The van der Waals surface area contributed by atoms with Crippen molar-refractivity contribution in [1.29, 1.82) is 0 Å². The molecule has 18 heavy (non-hydrogen) atoms. The molecule has 2 aromatic heterocycles. The lowest BCUT2D eigenvalue weighted by atomic mass is 9.87. The molecule has 6 nitrogen and oxygen atoms in total. The Balaban J connectivity index is 1.80. The van der Waals surface area contributed by atoms with Crippen molar-refractivity contribution in [3.63, 3.8) is 0 Å². The standard InChI is InChI=1S/C12H16N4O2/c1-16-7-6-13-11(16)10-14-12(18-15-10)8-2-4-9(17)5-3-8/h6-9,17H,2-5H2,1H3. The van der Waals surface area contributed by atoms with Crippen LogP contribution in [0.3, 0.4) is 0 Å². The SMILES string of the molecule is Cn1ccnc1-c1noc(C2CCC(O)CC2)n1. The van der Waals surface area contributed by atoms with Gasteiger partial charge in [-0.25, -0.2) is 4.98 Å². The van der Waals surface area contributed by atoms with Gasteiger partial charge in [0.05, 0.1) is 6.10 Å². The Labute approximate surface area is 105 Å². The van der Waals surface area contributed by atoms with Crippen molar-refractivity contribution < 1.29 is 9.63 Å². The van der Waals surface area contributed by atoms with Gasteiger partial charge in [0, 0.05) is 25.4 Å². The van der Waals surface area contributed by atoms with Crippen molar-refractivity contribution in [2.75, 3.05) is 0 Å². The Bertz CT molecular complexity index is 526. The number of aromatic nitrogens is 4. The van der Waals surface area contributed by atoms with E-state index in [1.807, 2.05) is 17.8 Å². The van der Waals surface area contributed by atoms with Gasteiger partial charge >= 0.3 is 0 Å². The molecule has 0 unspecified atom stereocenters. The molecule has 1 N–H and O–H groups in total. The summed E-state index contributed by atoms with van der Waals surface area (Å²) in [6.45, 7) is 0. The first-order chi connectivity index (χ1) is 8.74. The smallest absolute Gasteiger partial charge is 0.238 e. The molecule has 96 valence electrons. The molecule has 2 aromatic rings. The highest BCUT2D eigenvalue weighted by Gasteiger charge is 2.26. The molecule has 1 saturated carbocycles. The molecule has 0 spiro atoms. The highest BCUT2D eigenvalue weighted by molar-refractivity contribution is 5.42. The summed E-state index contributed by atoms with van der Waals surface area (Å²) in [5.74, 6) is 2.18. The Morgan fingerprint density at radius 3 is 2.78 bits per heavy atom. The lowest BCUT2D eigenvalue weighted by molar-refractivity contribution is 0.116. The fourth-order valence-electron chi connectivity index (χ4n) is 2.40. The molecule has 0 radical (unpaired) electrons. The van der Waals surface area contributed by atoms with Gasteiger partial charge in [-0.2, -0.15) is 4.98 Å². The minimum atomic E-state index is -0.168. The van der Waals surface area contributed by atoms with E-state index in [0.29, 0.717) is 17.5 Å². The summed E-state index contributed by atoms with van der Waals surface area (Å²) in [4.78, 5) is 8.61. The van der Waals surface area contributed by atoms with Crippen LogP contribution >= 0.6 is 0 Å². The first-order valence-corrected chi connectivity index (χ1v) is 6.23. The van der Waals surface area contributed by atoms with Crippen LogP contribution in [0.25, 0.3) is 11.6 Å². The number of aliphatic hydroxyl groups is 1. The van der Waals surface area contributed by atoms with Crippen LogP contribution in [0.5, 0.6) is 0 Å². The molecular weight excluding hydrogens is 232 g/mol. The number of hydrogen-bond donors (Lipinski definition) is 1. The average Bonchev–Trinajstić information content (AvgIpc) is 2.98. The van der Waals surface area contributed by atoms with E-state index in [9.17, 15) is 5.11 Å². The van der Waals surface area contributed by atoms with Gasteiger partial charge in [0.15, 0.2) is 5.82 Å². The van der Waals surface area contributed by atoms with Gasteiger partial charge in [0.25, 0.3) is 0 Å². The minimum absolute atomic E-state index is 0.168. The van der Waals surface area contributed by atoms with E-state index in [1.165, 1.54) is 0 Å². The van der Waals surface area contributed by atoms with Gasteiger partial charge in [-0.15, -0.1) is 0 Å². The normalized spacial score (nSPS) is 24.3. The molecule has 1 aliphatic carbocycles. The van der Waals surface area contributed by atoms with Crippen molar-refractivity contribution in [2.24, 2.45) is 7.05 Å². The van der Waals surface area contributed by atoms with Crippen molar-refractivity contribution >= 4 is 0 Å². The van der Waals surface area contributed by atoms with Crippen LogP contribution in [-0.2, 0) is 7.05 Å². The Morgan fingerprint density at radius 1 is 1.33 bits per heavy atom. The Morgan fingerprint density at radius 2 is 2.11 bits per heavy atom. The maximum atomic E-state index is 9.49. The van der Waals surface area contributed by atoms with E-state index in [2.05, 4.69) is 15.1 Å². The van der Waals surface area contributed by atoms with Crippen LogP contribution in [0.15, 0.2) is 16.9 Å². The molecule has 0 amide bonds. The van der Waals surface area contributed by atoms with E-state index in [0.717, 1.165) is 25.7 Å². The van der Waals surface area contributed by atoms with Crippen LogP contribution in [0.2, 0.25) is 0 Å². The second-order valence-electron chi connectivity index (χ2n) is 4.82. The Kier molecular flexibility index (Phi) is 2.87. The number of aryl methyl sites for hydroxylation is 1. The molecule has 0 bridgehead atoms. The molecule has 0 aliphatic heterocycles. The van der Waals surface area contributed by atoms with Gasteiger partial charge in [-0.3, -0.25) is 0 Å².